The van der Waals surface area contributed by atoms with Gasteiger partial charge in [-0.3, -0.25) is 4.79 Å². The van der Waals surface area contributed by atoms with Gasteiger partial charge in [0, 0.05) is 26.4 Å². The Bertz CT molecular complexity index is 669. The standard InChI is InChI=1S/C21H25NO2/c1-22(21(23)13-7-10-17-8-3-2-4-9-17)15-20-14-18-11-5-6-12-19(18)16-24-20/h2-6,8-9,11-12,20H,7,10,13-16H2,1H3. The first-order chi connectivity index (χ1) is 11.7. The van der Waals surface area contributed by atoms with Crippen molar-refractivity contribution in [2.45, 2.75) is 38.4 Å². The summed E-state index contributed by atoms with van der Waals surface area (Å²) in [6.07, 6.45) is 3.42. The Labute approximate surface area is 144 Å². The minimum Gasteiger partial charge on any atom is -0.371 e. The van der Waals surface area contributed by atoms with Crippen LogP contribution in [-0.4, -0.2) is 30.5 Å². The van der Waals surface area contributed by atoms with Crippen LogP contribution in [0, 0.1) is 0 Å². The van der Waals surface area contributed by atoms with E-state index in [0.717, 1.165) is 19.3 Å². The molecule has 1 atom stereocenters. The third-order valence-electron chi connectivity index (χ3n) is 4.64. The Hall–Kier alpha value is -2.13. The van der Waals surface area contributed by atoms with E-state index < -0.39 is 0 Å². The van der Waals surface area contributed by atoms with Gasteiger partial charge in [-0.25, -0.2) is 0 Å². The summed E-state index contributed by atoms with van der Waals surface area (Å²) in [6, 6.07) is 18.7. The van der Waals surface area contributed by atoms with Crippen LogP contribution in [0.25, 0.3) is 0 Å². The monoisotopic (exact) mass is 323 g/mol. The van der Waals surface area contributed by atoms with Gasteiger partial charge in [-0.2, -0.15) is 0 Å². The van der Waals surface area contributed by atoms with Crippen molar-refractivity contribution in [3.05, 3.63) is 71.3 Å². The number of hydrogen-bond acceptors (Lipinski definition) is 2. The fourth-order valence-electron chi connectivity index (χ4n) is 3.21. The molecule has 3 heteroatoms. The topological polar surface area (TPSA) is 29.5 Å². The Morgan fingerprint density at radius 1 is 1.08 bits per heavy atom. The normalized spacial score (nSPS) is 16.5. The van der Waals surface area contributed by atoms with Crippen LogP contribution in [-0.2, 0) is 29.0 Å². The van der Waals surface area contributed by atoms with Gasteiger partial charge in [0.15, 0.2) is 0 Å². The van der Waals surface area contributed by atoms with E-state index in [2.05, 4.69) is 30.3 Å². The molecule has 0 saturated carbocycles. The van der Waals surface area contributed by atoms with E-state index in [4.69, 9.17) is 4.74 Å². The van der Waals surface area contributed by atoms with Crippen LogP contribution in [0.2, 0.25) is 0 Å². The van der Waals surface area contributed by atoms with Crippen LogP contribution >= 0.6 is 0 Å². The van der Waals surface area contributed by atoms with Crippen molar-refractivity contribution in [3.63, 3.8) is 0 Å². The van der Waals surface area contributed by atoms with Gasteiger partial charge in [0.05, 0.1) is 12.7 Å². The largest absolute Gasteiger partial charge is 0.371 e. The molecule has 0 N–H and O–H groups in total. The van der Waals surface area contributed by atoms with E-state index in [9.17, 15) is 4.79 Å². The number of likely N-dealkylation sites (N-methyl/N-ethyl adjacent to an activating group) is 1. The predicted octanol–water partition coefficient (Wildman–Crippen LogP) is 3.61. The first kappa shape index (κ1) is 16.7. The van der Waals surface area contributed by atoms with Gasteiger partial charge in [0.2, 0.25) is 5.91 Å². The zero-order valence-electron chi connectivity index (χ0n) is 14.3. The predicted molar refractivity (Wildman–Crippen MR) is 95.7 cm³/mol. The Balaban J connectivity index is 1.43. The summed E-state index contributed by atoms with van der Waals surface area (Å²) in [5, 5.41) is 0. The van der Waals surface area contributed by atoms with Crippen LogP contribution in [0.3, 0.4) is 0 Å². The van der Waals surface area contributed by atoms with Crippen LogP contribution < -0.4 is 0 Å². The smallest absolute Gasteiger partial charge is 0.222 e. The molecule has 1 aliphatic rings. The molecular formula is C21H25NO2. The van der Waals surface area contributed by atoms with E-state index in [1.165, 1.54) is 16.7 Å². The van der Waals surface area contributed by atoms with Crippen molar-refractivity contribution < 1.29 is 9.53 Å². The highest BCUT2D eigenvalue weighted by molar-refractivity contribution is 5.75. The van der Waals surface area contributed by atoms with Crippen LogP contribution in [0.5, 0.6) is 0 Å². The molecular weight excluding hydrogens is 298 g/mol. The zero-order chi connectivity index (χ0) is 16.8. The molecule has 1 heterocycles. The Kier molecular flexibility index (Phi) is 5.65. The van der Waals surface area contributed by atoms with Crippen LogP contribution in [0.1, 0.15) is 29.5 Å². The number of amides is 1. The molecule has 1 amide bonds. The molecule has 0 spiro atoms. The summed E-state index contributed by atoms with van der Waals surface area (Å²) in [7, 11) is 1.88. The number of carbonyl (C=O) groups is 1. The van der Waals surface area contributed by atoms with Gasteiger partial charge in [0.25, 0.3) is 0 Å². The van der Waals surface area contributed by atoms with Gasteiger partial charge < -0.3 is 9.64 Å². The van der Waals surface area contributed by atoms with Gasteiger partial charge in [0.1, 0.15) is 0 Å². The number of fused-ring (bicyclic) bond motifs is 1. The van der Waals surface area contributed by atoms with Crippen molar-refractivity contribution in [1.29, 1.82) is 0 Å². The second kappa shape index (κ2) is 8.11. The fraction of sp³-hybridized carbons (Fsp3) is 0.381. The summed E-state index contributed by atoms with van der Waals surface area (Å²) >= 11 is 0. The van der Waals surface area contributed by atoms with Crippen molar-refractivity contribution in [2.75, 3.05) is 13.6 Å². The summed E-state index contributed by atoms with van der Waals surface area (Å²) in [6.45, 7) is 1.31. The van der Waals surface area contributed by atoms with Crippen LogP contribution in [0.4, 0.5) is 0 Å². The molecule has 3 rings (SSSR count). The minimum absolute atomic E-state index is 0.1000. The Morgan fingerprint density at radius 2 is 1.79 bits per heavy atom. The number of benzene rings is 2. The summed E-state index contributed by atoms with van der Waals surface area (Å²) in [4.78, 5) is 14.1. The molecule has 2 aromatic rings. The van der Waals surface area contributed by atoms with Crippen LogP contribution in [0.15, 0.2) is 54.6 Å². The highest BCUT2D eigenvalue weighted by Gasteiger charge is 2.21. The second-order valence-corrected chi connectivity index (χ2v) is 6.52. The molecule has 1 aliphatic heterocycles. The molecule has 0 aromatic heterocycles. The first-order valence-corrected chi connectivity index (χ1v) is 8.68. The number of nitrogens with zero attached hydrogens (tertiary/aromatic N) is 1. The minimum atomic E-state index is 0.1000. The SMILES string of the molecule is CN(CC1Cc2ccccc2CO1)C(=O)CCCc1ccccc1. The third-order valence-corrected chi connectivity index (χ3v) is 4.64. The van der Waals surface area contributed by atoms with Crippen molar-refractivity contribution >= 4 is 5.91 Å². The van der Waals surface area contributed by atoms with E-state index in [0.29, 0.717) is 19.6 Å². The van der Waals surface area contributed by atoms with E-state index >= 15 is 0 Å². The highest BCUT2D eigenvalue weighted by atomic mass is 16.5. The van der Waals surface area contributed by atoms with E-state index in [1.54, 1.807) is 0 Å². The average molecular weight is 323 g/mol. The van der Waals surface area contributed by atoms with Gasteiger partial charge in [-0.1, -0.05) is 54.6 Å². The summed E-state index contributed by atoms with van der Waals surface area (Å²) in [5.41, 5.74) is 3.91. The first-order valence-electron chi connectivity index (χ1n) is 8.68. The summed E-state index contributed by atoms with van der Waals surface area (Å²) in [5.74, 6) is 0.202. The molecule has 1 unspecified atom stereocenters. The lowest BCUT2D eigenvalue weighted by Gasteiger charge is -2.29. The summed E-state index contributed by atoms with van der Waals surface area (Å²) < 4.78 is 5.91. The fourth-order valence-corrected chi connectivity index (χ4v) is 3.21. The quantitative estimate of drug-likeness (QED) is 0.813. The Morgan fingerprint density at radius 3 is 2.58 bits per heavy atom. The van der Waals surface area contributed by atoms with Crippen molar-refractivity contribution in [1.82, 2.24) is 4.90 Å². The number of carbonyl (C=O) groups excluding carboxylic acids is 1. The molecule has 0 bridgehead atoms. The van der Waals surface area contributed by atoms with Gasteiger partial charge >= 0.3 is 0 Å². The third kappa shape index (κ3) is 4.45. The maximum Gasteiger partial charge on any atom is 0.222 e. The van der Waals surface area contributed by atoms with E-state index in [1.807, 2.05) is 36.2 Å². The molecule has 2 aromatic carbocycles. The number of aryl methyl sites for hydroxylation is 1. The molecule has 126 valence electrons. The average Bonchev–Trinajstić information content (AvgIpc) is 2.62. The van der Waals surface area contributed by atoms with Gasteiger partial charge in [-0.05, 0) is 29.5 Å². The number of rotatable bonds is 6. The molecule has 0 saturated heterocycles. The second-order valence-electron chi connectivity index (χ2n) is 6.52. The lowest BCUT2D eigenvalue weighted by atomic mass is 9.99. The van der Waals surface area contributed by atoms with E-state index in [-0.39, 0.29) is 12.0 Å². The number of ether oxygens (including phenoxy) is 1. The zero-order valence-corrected chi connectivity index (χ0v) is 14.3. The maximum atomic E-state index is 12.3. The van der Waals surface area contributed by atoms with Gasteiger partial charge in [-0.15, -0.1) is 0 Å². The van der Waals surface area contributed by atoms with Crippen molar-refractivity contribution in [2.24, 2.45) is 0 Å². The highest BCUT2D eigenvalue weighted by Crippen LogP contribution is 2.20. The molecule has 0 radical (unpaired) electrons. The lowest BCUT2D eigenvalue weighted by Crippen LogP contribution is -2.38. The maximum absolute atomic E-state index is 12.3. The molecule has 24 heavy (non-hydrogen) atoms. The number of hydrogen-bond donors (Lipinski definition) is 0. The molecule has 0 fully saturated rings. The molecule has 0 aliphatic carbocycles. The molecule has 3 nitrogen and oxygen atoms in total. The lowest BCUT2D eigenvalue weighted by molar-refractivity contribution is -0.132. The van der Waals surface area contributed by atoms with Crippen molar-refractivity contribution in [3.8, 4) is 0 Å².